The Morgan fingerprint density at radius 3 is 0.909 bits per heavy atom. The third-order valence-corrected chi connectivity index (χ3v) is 18.0. The number of carbonyl (C=O) groups is 2. The van der Waals surface area contributed by atoms with Crippen molar-refractivity contribution in [2.75, 3.05) is 47.5 Å². The Morgan fingerprint density at radius 1 is 0.352 bits per heavy atom. The summed E-state index contributed by atoms with van der Waals surface area (Å²) >= 11 is 0. The first kappa shape index (κ1) is 85.7. The summed E-state index contributed by atoms with van der Waals surface area (Å²) in [5, 5.41) is 0. The van der Waals surface area contributed by atoms with Crippen molar-refractivity contribution in [3.8, 4) is 0 Å². The van der Waals surface area contributed by atoms with Gasteiger partial charge < -0.3 is 18.9 Å². The van der Waals surface area contributed by atoms with Gasteiger partial charge in [-0.25, -0.2) is 4.57 Å². The molecule has 0 fully saturated rings. The Morgan fingerprint density at radius 2 is 0.614 bits per heavy atom. The van der Waals surface area contributed by atoms with E-state index in [0.717, 1.165) is 51.4 Å². The van der Waals surface area contributed by atoms with Crippen molar-refractivity contribution in [1.82, 2.24) is 0 Å². The highest BCUT2D eigenvalue weighted by Crippen LogP contribution is 2.43. The molecule has 2 unspecified atom stereocenters. The minimum absolute atomic E-state index is 0.0331. The molecular weight excluding hydrogens is 1110 g/mol. The van der Waals surface area contributed by atoms with Crippen LogP contribution in [0.15, 0.2) is 60.8 Å². The molecule has 0 rings (SSSR count). The number of esters is 2. The molecule has 10 heteroatoms. The molecule has 0 aliphatic rings. The molecule has 0 aromatic carbocycles. The zero-order valence-electron chi connectivity index (χ0n) is 59.0. The van der Waals surface area contributed by atoms with Gasteiger partial charge in [0, 0.05) is 12.8 Å². The number of unbranched alkanes of at least 4 members (excludes halogenated alkanes) is 47. The van der Waals surface area contributed by atoms with E-state index in [0.29, 0.717) is 23.9 Å². The largest absolute Gasteiger partial charge is 0.472 e. The predicted octanol–water partition coefficient (Wildman–Crippen LogP) is 24.9. The van der Waals surface area contributed by atoms with Crippen LogP contribution in [0, 0.1) is 0 Å². The van der Waals surface area contributed by atoms with Gasteiger partial charge in [-0.15, -0.1) is 0 Å². The second-order valence-corrected chi connectivity index (χ2v) is 28.5. The van der Waals surface area contributed by atoms with Gasteiger partial charge in [0.15, 0.2) is 6.10 Å². The normalized spacial score (nSPS) is 13.4. The van der Waals surface area contributed by atoms with E-state index in [2.05, 4.69) is 74.6 Å². The number of likely N-dealkylation sites (N-methyl/N-ethyl adjacent to an activating group) is 1. The van der Waals surface area contributed by atoms with Crippen LogP contribution in [0.4, 0.5) is 0 Å². The molecule has 0 saturated carbocycles. The third kappa shape index (κ3) is 72.8. The molecule has 0 bridgehead atoms. The molecular formula is C78H147NO8P+. The lowest BCUT2D eigenvalue weighted by atomic mass is 10.0. The number of phosphoric acid groups is 1. The van der Waals surface area contributed by atoms with Gasteiger partial charge in [-0.1, -0.05) is 338 Å². The monoisotopic (exact) mass is 1260 g/mol. The van der Waals surface area contributed by atoms with Crippen LogP contribution in [0.2, 0.25) is 0 Å². The van der Waals surface area contributed by atoms with Crippen molar-refractivity contribution >= 4 is 19.8 Å². The lowest BCUT2D eigenvalue weighted by molar-refractivity contribution is -0.870. The molecule has 0 aliphatic heterocycles. The second kappa shape index (κ2) is 69.1. The highest BCUT2D eigenvalue weighted by Gasteiger charge is 2.27. The fourth-order valence-electron chi connectivity index (χ4n) is 11.2. The van der Waals surface area contributed by atoms with Crippen LogP contribution in [0.3, 0.4) is 0 Å². The molecule has 0 radical (unpaired) electrons. The maximum atomic E-state index is 12.9. The van der Waals surface area contributed by atoms with Crippen LogP contribution in [-0.2, 0) is 32.7 Å². The van der Waals surface area contributed by atoms with Crippen molar-refractivity contribution in [3.63, 3.8) is 0 Å². The standard InChI is InChI=1S/C78H146NO8P/c1-6-8-10-12-14-16-18-20-22-24-26-28-30-32-34-36-38-39-41-43-45-47-49-51-53-55-57-59-61-63-65-67-69-71-78(81)87-76(75-86-88(82,83)85-73-72-79(3,4)5)74-84-77(80)70-68-66-64-62-60-58-56-54-52-50-48-46-44-42-40-37-35-33-31-29-27-25-23-21-19-17-15-13-11-9-7-2/h18-21,24-27,30,32,76H,6-17,22-23,28-29,31,33-75H2,1-5H3/p+1/b20-18-,21-19-,26-24-,27-25-,32-30-. The number of phosphoric ester groups is 1. The first-order valence-electron chi connectivity index (χ1n) is 38.0. The van der Waals surface area contributed by atoms with Crippen molar-refractivity contribution in [2.45, 2.75) is 380 Å². The number of quaternary nitrogens is 1. The molecule has 0 aromatic rings. The molecule has 0 aromatic heterocycles. The van der Waals surface area contributed by atoms with Crippen LogP contribution in [0.5, 0.6) is 0 Å². The predicted molar refractivity (Wildman–Crippen MR) is 381 cm³/mol. The summed E-state index contributed by atoms with van der Waals surface area (Å²) in [6.45, 7) is 4.47. The van der Waals surface area contributed by atoms with Crippen LogP contribution < -0.4 is 0 Å². The zero-order chi connectivity index (χ0) is 64.1. The molecule has 0 saturated heterocycles. The van der Waals surface area contributed by atoms with Gasteiger partial charge >= 0.3 is 19.8 Å². The summed E-state index contributed by atoms with van der Waals surface area (Å²) in [5.41, 5.74) is 0. The molecule has 0 amide bonds. The van der Waals surface area contributed by atoms with Crippen molar-refractivity contribution in [1.29, 1.82) is 0 Å². The van der Waals surface area contributed by atoms with Crippen LogP contribution in [0.25, 0.3) is 0 Å². The van der Waals surface area contributed by atoms with Gasteiger partial charge in [0.1, 0.15) is 19.8 Å². The van der Waals surface area contributed by atoms with Crippen molar-refractivity contribution < 1.29 is 42.1 Å². The number of hydrogen-bond acceptors (Lipinski definition) is 7. The van der Waals surface area contributed by atoms with Gasteiger partial charge in [0.2, 0.25) is 0 Å². The third-order valence-electron chi connectivity index (χ3n) is 17.0. The zero-order valence-corrected chi connectivity index (χ0v) is 59.9. The molecule has 1 N–H and O–H groups in total. The van der Waals surface area contributed by atoms with E-state index < -0.39 is 26.5 Å². The quantitative estimate of drug-likeness (QED) is 0.0211. The number of rotatable bonds is 71. The van der Waals surface area contributed by atoms with Crippen LogP contribution in [0.1, 0.15) is 373 Å². The van der Waals surface area contributed by atoms with E-state index >= 15 is 0 Å². The lowest BCUT2D eigenvalue weighted by Crippen LogP contribution is -2.37. The van der Waals surface area contributed by atoms with E-state index in [1.54, 1.807) is 0 Å². The smallest absolute Gasteiger partial charge is 0.462 e. The Balaban J connectivity index is 3.97. The average Bonchev–Trinajstić information content (AvgIpc) is 3.56. The highest BCUT2D eigenvalue weighted by molar-refractivity contribution is 7.47. The first-order valence-corrected chi connectivity index (χ1v) is 39.5. The van der Waals surface area contributed by atoms with E-state index in [-0.39, 0.29) is 25.6 Å². The molecule has 0 aliphatic carbocycles. The molecule has 0 spiro atoms. The van der Waals surface area contributed by atoms with Crippen molar-refractivity contribution in [2.24, 2.45) is 0 Å². The number of allylic oxidation sites excluding steroid dienone is 10. The van der Waals surface area contributed by atoms with E-state index in [1.165, 1.54) is 289 Å². The average molecular weight is 1260 g/mol. The Labute approximate surface area is 546 Å². The van der Waals surface area contributed by atoms with Gasteiger partial charge in [-0.05, 0) is 83.5 Å². The summed E-state index contributed by atoms with van der Waals surface area (Å²) in [6, 6.07) is 0. The highest BCUT2D eigenvalue weighted by atomic mass is 31.2. The molecule has 0 heterocycles. The SMILES string of the molecule is CCCCCCC/C=C\C/C=C\C/C=C\CCCCCCCCCCCCCCCCCCCCC(=O)OC(COC(=O)CCCCCCCCCCCCCCCCCCCCC/C=C\C/C=C\CCCCCCC)COP(=O)(O)OCC[N+](C)(C)C. The Hall–Kier alpha value is -2.29. The fraction of sp³-hybridized carbons (Fsp3) is 0.846. The molecule has 516 valence electrons. The first-order chi connectivity index (χ1) is 43.0. The van der Waals surface area contributed by atoms with E-state index in [9.17, 15) is 19.0 Å². The summed E-state index contributed by atoms with van der Waals surface area (Å²) in [7, 11) is 1.49. The van der Waals surface area contributed by atoms with Gasteiger partial charge in [0.25, 0.3) is 0 Å². The number of hydrogen-bond donors (Lipinski definition) is 1. The molecule has 88 heavy (non-hydrogen) atoms. The summed E-state index contributed by atoms with van der Waals surface area (Å²) in [4.78, 5) is 35.9. The Bertz CT molecular complexity index is 1670. The van der Waals surface area contributed by atoms with Gasteiger partial charge in [-0.3, -0.25) is 18.6 Å². The summed E-state index contributed by atoms with van der Waals surface area (Å²) in [6.07, 6.45) is 92.0. The lowest BCUT2D eigenvalue weighted by Gasteiger charge is -2.24. The molecule has 2 atom stereocenters. The van der Waals surface area contributed by atoms with E-state index in [4.69, 9.17) is 18.5 Å². The number of nitrogens with zero attached hydrogens (tertiary/aromatic N) is 1. The maximum absolute atomic E-state index is 12.9. The van der Waals surface area contributed by atoms with Crippen LogP contribution in [-0.4, -0.2) is 74.9 Å². The minimum Gasteiger partial charge on any atom is -0.462 e. The Kier molecular flexibility index (Phi) is 67.3. The van der Waals surface area contributed by atoms with Crippen LogP contribution >= 0.6 is 7.82 Å². The fourth-order valence-corrected chi connectivity index (χ4v) is 11.9. The van der Waals surface area contributed by atoms with Gasteiger partial charge in [0.05, 0.1) is 27.7 Å². The number of carbonyl (C=O) groups excluding carboxylic acids is 2. The maximum Gasteiger partial charge on any atom is 0.472 e. The second-order valence-electron chi connectivity index (χ2n) is 27.0. The summed E-state index contributed by atoms with van der Waals surface area (Å²) in [5.74, 6) is -0.778. The van der Waals surface area contributed by atoms with Gasteiger partial charge in [-0.2, -0.15) is 0 Å². The molecule has 9 nitrogen and oxygen atoms in total. The minimum atomic E-state index is -4.39. The summed E-state index contributed by atoms with van der Waals surface area (Å²) < 4.78 is 34.8. The number of ether oxygens (including phenoxy) is 2. The van der Waals surface area contributed by atoms with E-state index in [1.807, 2.05) is 21.1 Å². The topological polar surface area (TPSA) is 108 Å². The van der Waals surface area contributed by atoms with Crippen molar-refractivity contribution in [3.05, 3.63) is 60.8 Å².